The zero-order valence-corrected chi connectivity index (χ0v) is 12.5. The van der Waals surface area contributed by atoms with Crippen molar-refractivity contribution < 1.29 is 24.2 Å². The topological polar surface area (TPSA) is 111 Å². The van der Waals surface area contributed by atoms with Gasteiger partial charge in [0.1, 0.15) is 6.04 Å². The standard InChI is InChI=1S/C12H22N4O5/c1-15(2)11(19)13-4-5-14-12(20)16-7-8(21-3)6-9(16)10(17)18/h8-9H,4-7H2,1-3H3,(H,13,19)(H,14,20)(H,17,18). The number of carbonyl (C=O) groups is 3. The number of likely N-dealkylation sites (tertiary alicyclic amines) is 1. The number of urea groups is 2. The molecule has 2 atom stereocenters. The lowest BCUT2D eigenvalue weighted by atomic mass is 10.2. The van der Waals surface area contributed by atoms with E-state index in [2.05, 4.69) is 10.6 Å². The highest BCUT2D eigenvalue weighted by Gasteiger charge is 2.39. The first-order chi connectivity index (χ1) is 9.86. The van der Waals surface area contributed by atoms with E-state index in [1.165, 1.54) is 16.9 Å². The molecule has 4 amide bonds. The van der Waals surface area contributed by atoms with Gasteiger partial charge in [0.25, 0.3) is 0 Å². The second-order valence-electron chi connectivity index (χ2n) is 4.96. The summed E-state index contributed by atoms with van der Waals surface area (Å²) in [6.07, 6.45) is 0.00155. The van der Waals surface area contributed by atoms with Crippen molar-refractivity contribution in [2.45, 2.75) is 18.6 Å². The first-order valence-electron chi connectivity index (χ1n) is 6.62. The lowest BCUT2D eigenvalue weighted by Gasteiger charge is -2.21. The molecule has 0 radical (unpaired) electrons. The lowest BCUT2D eigenvalue weighted by Crippen LogP contribution is -2.48. The van der Waals surface area contributed by atoms with Crippen molar-refractivity contribution in [1.82, 2.24) is 20.4 Å². The number of aliphatic carboxylic acids is 1. The summed E-state index contributed by atoms with van der Waals surface area (Å²) in [5, 5.41) is 14.3. The van der Waals surface area contributed by atoms with E-state index in [-0.39, 0.29) is 38.2 Å². The van der Waals surface area contributed by atoms with E-state index in [4.69, 9.17) is 9.84 Å². The summed E-state index contributed by atoms with van der Waals surface area (Å²) < 4.78 is 5.11. The van der Waals surface area contributed by atoms with Gasteiger partial charge >= 0.3 is 18.0 Å². The van der Waals surface area contributed by atoms with Crippen LogP contribution in [0.1, 0.15) is 6.42 Å². The quantitative estimate of drug-likeness (QED) is 0.572. The third-order valence-corrected chi connectivity index (χ3v) is 3.23. The van der Waals surface area contributed by atoms with E-state index in [0.717, 1.165) is 0 Å². The average molecular weight is 302 g/mol. The zero-order valence-electron chi connectivity index (χ0n) is 12.5. The van der Waals surface area contributed by atoms with Gasteiger partial charge in [0.2, 0.25) is 0 Å². The fourth-order valence-corrected chi connectivity index (χ4v) is 2.03. The molecule has 1 heterocycles. The van der Waals surface area contributed by atoms with Gasteiger partial charge < -0.3 is 30.3 Å². The number of nitrogens with zero attached hydrogens (tertiary/aromatic N) is 2. The molecular formula is C12H22N4O5. The first kappa shape index (κ1) is 17.0. The van der Waals surface area contributed by atoms with Crippen molar-refractivity contribution in [2.75, 3.05) is 40.8 Å². The third kappa shape index (κ3) is 4.78. The second-order valence-corrected chi connectivity index (χ2v) is 4.96. The van der Waals surface area contributed by atoms with Crippen LogP contribution in [0.5, 0.6) is 0 Å². The van der Waals surface area contributed by atoms with Gasteiger partial charge in [-0.05, 0) is 0 Å². The van der Waals surface area contributed by atoms with Crippen LogP contribution in [0.4, 0.5) is 9.59 Å². The molecule has 1 rings (SSSR count). The number of carboxylic acids is 1. The highest BCUT2D eigenvalue weighted by Crippen LogP contribution is 2.20. The number of ether oxygens (including phenoxy) is 1. The molecule has 2 unspecified atom stereocenters. The van der Waals surface area contributed by atoms with Crippen LogP contribution >= 0.6 is 0 Å². The summed E-state index contributed by atoms with van der Waals surface area (Å²) in [4.78, 5) is 37.0. The van der Waals surface area contributed by atoms with E-state index in [9.17, 15) is 14.4 Å². The Hall–Kier alpha value is -2.03. The first-order valence-corrected chi connectivity index (χ1v) is 6.62. The largest absolute Gasteiger partial charge is 0.480 e. The van der Waals surface area contributed by atoms with E-state index in [1.807, 2.05) is 0 Å². The van der Waals surface area contributed by atoms with Gasteiger partial charge in [-0.3, -0.25) is 0 Å². The fraction of sp³-hybridized carbons (Fsp3) is 0.750. The fourth-order valence-electron chi connectivity index (χ4n) is 2.03. The molecule has 0 aromatic rings. The Labute approximate surface area is 123 Å². The minimum atomic E-state index is -1.05. The third-order valence-electron chi connectivity index (χ3n) is 3.23. The van der Waals surface area contributed by atoms with Gasteiger partial charge in [0.05, 0.1) is 6.10 Å². The molecule has 0 aromatic heterocycles. The number of methoxy groups -OCH3 is 1. The average Bonchev–Trinajstić information content (AvgIpc) is 2.87. The summed E-state index contributed by atoms with van der Waals surface area (Å²) in [5.41, 5.74) is 0. The number of nitrogens with one attached hydrogen (secondary N) is 2. The summed E-state index contributed by atoms with van der Waals surface area (Å²) in [5.74, 6) is -1.05. The predicted molar refractivity (Wildman–Crippen MR) is 74.0 cm³/mol. The molecule has 1 aliphatic rings. The maximum Gasteiger partial charge on any atom is 0.326 e. The van der Waals surface area contributed by atoms with Gasteiger partial charge in [-0.1, -0.05) is 0 Å². The van der Waals surface area contributed by atoms with Crippen LogP contribution in [0, 0.1) is 0 Å². The molecule has 0 spiro atoms. The van der Waals surface area contributed by atoms with Gasteiger partial charge in [0.15, 0.2) is 0 Å². The maximum atomic E-state index is 12.0. The monoisotopic (exact) mass is 302 g/mol. The van der Waals surface area contributed by atoms with Crippen molar-refractivity contribution in [1.29, 1.82) is 0 Å². The molecule has 3 N–H and O–H groups in total. The summed E-state index contributed by atoms with van der Waals surface area (Å²) in [6, 6.07) is -1.61. The van der Waals surface area contributed by atoms with Gasteiger partial charge in [-0.2, -0.15) is 0 Å². The minimum Gasteiger partial charge on any atom is -0.480 e. The van der Waals surface area contributed by atoms with Crippen LogP contribution in [-0.4, -0.2) is 85.9 Å². The molecule has 9 nitrogen and oxygen atoms in total. The Morgan fingerprint density at radius 2 is 1.90 bits per heavy atom. The molecular weight excluding hydrogens is 280 g/mol. The Kier molecular flexibility index (Phi) is 6.22. The second kappa shape index (κ2) is 7.67. The lowest BCUT2D eigenvalue weighted by molar-refractivity contribution is -0.141. The van der Waals surface area contributed by atoms with E-state index < -0.39 is 18.0 Å². The highest BCUT2D eigenvalue weighted by atomic mass is 16.5. The van der Waals surface area contributed by atoms with Crippen molar-refractivity contribution in [2.24, 2.45) is 0 Å². The van der Waals surface area contributed by atoms with E-state index in [0.29, 0.717) is 0 Å². The molecule has 120 valence electrons. The van der Waals surface area contributed by atoms with Crippen LogP contribution in [0.2, 0.25) is 0 Å². The molecule has 0 saturated carbocycles. The van der Waals surface area contributed by atoms with Crippen LogP contribution < -0.4 is 10.6 Å². The smallest absolute Gasteiger partial charge is 0.326 e. The number of amides is 4. The molecule has 0 aromatic carbocycles. The molecule has 0 aliphatic carbocycles. The highest BCUT2D eigenvalue weighted by molar-refractivity contribution is 5.83. The van der Waals surface area contributed by atoms with Gasteiger partial charge in [-0.15, -0.1) is 0 Å². The Morgan fingerprint density at radius 3 is 2.43 bits per heavy atom. The zero-order chi connectivity index (χ0) is 16.0. The number of carbonyl (C=O) groups excluding carboxylic acids is 2. The normalized spacial score (nSPS) is 21.0. The Bertz CT molecular complexity index is 401. The summed E-state index contributed by atoms with van der Waals surface area (Å²) in [7, 11) is 4.71. The summed E-state index contributed by atoms with van der Waals surface area (Å²) in [6.45, 7) is 0.726. The van der Waals surface area contributed by atoms with Crippen LogP contribution in [-0.2, 0) is 9.53 Å². The van der Waals surface area contributed by atoms with Gasteiger partial charge in [-0.25, -0.2) is 14.4 Å². The van der Waals surface area contributed by atoms with Crippen molar-refractivity contribution in [3.8, 4) is 0 Å². The van der Waals surface area contributed by atoms with Crippen molar-refractivity contribution >= 4 is 18.0 Å². The van der Waals surface area contributed by atoms with Crippen molar-refractivity contribution in [3.05, 3.63) is 0 Å². The maximum absolute atomic E-state index is 12.0. The van der Waals surface area contributed by atoms with Crippen LogP contribution in [0.15, 0.2) is 0 Å². The molecule has 9 heteroatoms. The number of rotatable bonds is 5. The molecule has 0 bridgehead atoms. The molecule has 1 aliphatic heterocycles. The Balaban J connectivity index is 2.40. The minimum absolute atomic E-state index is 0.221. The predicted octanol–water partition coefficient (Wildman–Crippen LogP) is -0.859. The van der Waals surface area contributed by atoms with Crippen LogP contribution in [0.25, 0.3) is 0 Å². The van der Waals surface area contributed by atoms with Crippen molar-refractivity contribution in [3.63, 3.8) is 0 Å². The van der Waals surface area contributed by atoms with E-state index >= 15 is 0 Å². The van der Waals surface area contributed by atoms with E-state index in [1.54, 1.807) is 14.1 Å². The summed E-state index contributed by atoms with van der Waals surface area (Å²) >= 11 is 0. The van der Waals surface area contributed by atoms with Gasteiger partial charge in [0, 0.05) is 47.3 Å². The molecule has 21 heavy (non-hydrogen) atoms. The number of carboxylic acid groups (broad SMARTS) is 1. The number of hydrogen-bond acceptors (Lipinski definition) is 4. The van der Waals surface area contributed by atoms with Crippen LogP contribution in [0.3, 0.4) is 0 Å². The molecule has 1 saturated heterocycles. The number of hydrogen-bond donors (Lipinski definition) is 3. The Morgan fingerprint density at radius 1 is 1.29 bits per heavy atom. The SMILES string of the molecule is COC1CC(C(=O)O)N(C(=O)NCCNC(=O)N(C)C)C1. The molecule has 1 fully saturated rings.